The Morgan fingerprint density at radius 1 is 1.00 bits per heavy atom. The zero-order chi connectivity index (χ0) is 25.1. The molecule has 0 atom stereocenters. The second-order valence-corrected chi connectivity index (χ2v) is 10.2. The average molecular weight is 509 g/mol. The van der Waals surface area contributed by atoms with E-state index in [0.717, 1.165) is 42.5 Å². The molecule has 0 aliphatic carbocycles. The van der Waals surface area contributed by atoms with Gasteiger partial charge in [-0.05, 0) is 88.3 Å². The quantitative estimate of drug-likeness (QED) is 0.460. The monoisotopic (exact) mass is 508 g/mol. The maximum Gasteiger partial charge on any atom is 0.337 e. The van der Waals surface area contributed by atoms with Gasteiger partial charge in [-0.1, -0.05) is 11.6 Å². The van der Waals surface area contributed by atoms with E-state index in [1.807, 2.05) is 30.3 Å². The number of anilines is 3. The first-order valence-electron chi connectivity index (χ1n) is 12.6. The number of nitrogens with one attached hydrogen (secondary N) is 2. The standard InChI is InChI=1S/C27H33ClN6O2/c1-33-13-11-22(12-14-33)34-15-9-21(10-16-34)30-27-31-24-8-5-19(28)17-23(24)25(32-27)29-20-6-3-18(4-7-20)26(35)36-2/h3-8,17,21-22H,9-16H2,1-2H3,(H2,29,30,31,32). The van der Waals surface area contributed by atoms with Crippen LogP contribution in [0, 0.1) is 0 Å². The molecule has 8 nitrogen and oxygen atoms in total. The molecule has 36 heavy (non-hydrogen) atoms. The Morgan fingerprint density at radius 2 is 1.72 bits per heavy atom. The first-order valence-corrected chi connectivity index (χ1v) is 13.0. The van der Waals surface area contributed by atoms with Gasteiger partial charge in [0.2, 0.25) is 5.95 Å². The van der Waals surface area contributed by atoms with E-state index in [0.29, 0.717) is 34.4 Å². The van der Waals surface area contributed by atoms with Gasteiger partial charge in [-0.3, -0.25) is 0 Å². The molecule has 2 aromatic carbocycles. The molecule has 0 saturated carbocycles. The number of carbonyl (C=O) groups is 1. The number of nitrogens with zero attached hydrogens (tertiary/aromatic N) is 4. The molecule has 3 heterocycles. The normalized spacial score (nSPS) is 18.3. The minimum atomic E-state index is -0.367. The zero-order valence-electron chi connectivity index (χ0n) is 20.8. The van der Waals surface area contributed by atoms with E-state index >= 15 is 0 Å². The highest BCUT2D eigenvalue weighted by Gasteiger charge is 2.27. The van der Waals surface area contributed by atoms with Crippen LogP contribution in [0.2, 0.25) is 5.02 Å². The van der Waals surface area contributed by atoms with Crippen molar-refractivity contribution in [3.8, 4) is 0 Å². The summed E-state index contributed by atoms with van der Waals surface area (Å²) in [7, 11) is 3.59. The number of hydrogen-bond acceptors (Lipinski definition) is 8. The first-order chi connectivity index (χ1) is 17.5. The molecule has 0 radical (unpaired) electrons. The number of likely N-dealkylation sites (tertiary alicyclic amines) is 2. The van der Waals surface area contributed by atoms with Gasteiger partial charge in [0.15, 0.2) is 0 Å². The van der Waals surface area contributed by atoms with Crippen molar-refractivity contribution in [1.29, 1.82) is 0 Å². The lowest BCUT2D eigenvalue weighted by Crippen LogP contribution is -2.48. The summed E-state index contributed by atoms with van der Waals surface area (Å²) < 4.78 is 4.79. The highest BCUT2D eigenvalue weighted by atomic mass is 35.5. The van der Waals surface area contributed by atoms with E-state index in [9.17, 15) is 4.79 Å². The van der Waals surface area contributed by atoms with E-state index in [2.05, 4.69) is 27.5 Å². The molecule has 0 spiro atoms. The van der Waals surface area contributed by atoms with Crippen LogP contribution in [0.15, 0.2) is 42.5 Å². The fraction of sp³-hybridized carbons (Fsp3) is 0.444. The van der Waals surface area contributed by atoms with Crippen LogP contribution < -0.4 is 10.6 Å². The third-order valence-corrected chi connectivity index (χ3v) is 7.53. The summed E-state index contributed by atoms with van der Waals surface area (Å²) in [4.78, 5) is 26.4. The predicted octanol–water partition coefficient (Wildman–Crippen LogP) is 4.78. The van der Waals surface area contributed by atoms with Gasteiger partial charge in [-0.25, -0.2) is 9.78 Å². The lowest BCUT2D eigenvalue weighted by Gasteiger charge is -2.41. The zero-order valence-corrected chi connectivity index (χ0v) is 21.6. The topological polar surface area (TPSA) is 82.6 Å². The molecule has 190 valence electrons. The number of hydrogen-bond donors (Lipinski definition) is 2. The molecule has 3 aromatic rings. The lowest BCUT2D eigenvalue weighted by atomic mass is 9.98. The molecular formula is C27H33ClN6O2. The van der Waals surface area contributed by atoms with Crippen molar-refractivity contribution >= 4 is 45.9 Å². The molecule has 0 unspecified atom stereocenters. The molecule has 0 amide bonds. The number of fused-ring (bicyclic) bond motifs is 1. The minimum Gasteiger partial charge on any atom is -0.465 e. The van der Waals surface area contributed by atoms with Gasteiger partial charge in [0, 0.05) is 41.3 Å². The summed E-state index contributed by atoms with van der Waals surface area (Å²) in [6.07, 6.45) is 4.68. The summed E-state index contributed by atoms with van der Waals surface area (Å²) in [5.41, 5.74) is 2.11. The van der Waals surface area contributed by atoms with Gasteiger partial charge in [-0.15, -0.1) is 0 Å². The van der Waals surface area contributed by atoms with Crippen LogP contribution in [0.3, 0.4) is 0 Å². The van der Waals surface area contributed by atoms with E-state index in [4.69, 9.17) is 26.3 Å². The Kier molecular flexibility index (Phi) is 7.55. The number of ether oxygens (including phenoxy) is 1. The van der Waals surface area contributed by atoms with Gasteiger partial charge in [-0.2, -0.15) is 4.98 Å². The number of rotatable bonds is 6. The van der Waals surface area contributed by atoms with Crippen LogP contribution in [0.1, 0.15) is 36.0 Å². The molecule has 0 bridgehead atoms. The average Bonchev–Trinajstić information content (AvgIpc) is 2.90. The second-order valence-electron chi connectivity index (χ2n) is 9.74. The molecule has 2 aliphatic rings. The van der Waals surface area contributed by atoms with Gasteiger partial charge in [0.1, 0.15) is 5.82 Å². The first kappa shape index (κ1) is 24.7. The van der Waals surface area contributed by atoms with E-state index in [1.54, 1.807) is 12.1 Å². The Labute approximate surface area is 217 Å². The summed E-state index contributed by atoms with van der Waals surface area (Å²) in [6.45, 7) is 4.59. The Bertz CT molecular complexity index is 1200. The number of halogens is 1. The summed E-state index contributed by atoms with van der Waals surface area (Å²) in [5, 5.41) is 8.42. The fourth-order valence-corrected chi connectivity index (χ4v) is 5.33. The van der Waals surface area contributed by atoms with Crippen molar-refractivity contribution in [2.24, 2.45) is 0 Å². The number of carbonyl (C=O) groups excluding carboxylic acids is 1. The van der Waals surface area contributed by atoms with Gasteiger partial charge < -0.3 is 25.2 Å². The summed E-state index contributed by atoms with van der Waals surface area (Å²) in [6, 6.07) is 13.8. The van der Waals surface area contributed by atoms with E-state index < -0.39 is 0 Å². The molecule has 1 aromatic heterocycles. The van der Waals surface area contributed by atoms with Crippen LogP contribution in [-0.4, -0.2) is 78.2 Å². The highest BCUT2D eigenvalue weighted by Crippen LogP contribution is 2.29. The minimum absolute atomic E-state index is 0.337. The Morgan fingerprint density at radius 3 is 2.42 bits per heavy atom. The number of esters is 1. The number of benzene rings is 2. The van der Waals surface area contributed by atoms with Gasteiger partial charge in [0.25, 0.3) is 0 Å². The van der Waals surface area contributed by atoms with Crippen molar-refractivity contribution in [3.63, 3.8) is 0 Å². The number of methoxy groups -OCH3 is 1. The molecule has 5 rings (SSSR count). The molecule has 2 aliphatic heterocycles. The molecule has 2 saturated heterocycles. The largest absolute Gasteiger partial charge is 0.465 e. The van der Waals surface area contributed by atoms with E-state index in [-0.39, 0.29) is 5.97 Å². The third kappa shape index (κ3) is 5.72. The fourth-order valence-electron chi connectivity index (χ4n) is 5.16. The Hall–Kier alpha value is -2.94. The SMILES string of the molecule is COC(=O)c1ccc(Nc2nc(NC3CCN(C4CCN(C)CC4)CC3)nc3ccc(Cl)cc23)cc1. The predicted molar refractivity (Wildman–Crippen MR) is 144 cm³/mol. The van der Waals surface area contributed by atoms with Crippen LogP contribution in [0.25, 0.3) is 10.9 Å². The van der Waals surface area contributed by atoms with Crippen molar-refractivity contribution in [2.45, 2.75) is 37.8 Å². The molecule has 9 heteroatoms. The number of aromatic nitrogens is 2. The van der Waals surface area contributed by atoms with Gasteiger partial charge in [0.05, 0.1) is 18.2 Å². The second kappa shape index (κ2) is 11.0. The number of piperidine rings is 2. The summed E-state index contributed by atoms with van der Waals surface area (Å²) >= 11 is 6.29. The molecular weight excluding hydrogens is 476 g/mol. The van der Waals surface area contributed by atoms with Crippen molar-refractivity contribution < 1.29 is 9.53 Å². The van der Waals surface area contributed by atoms with Crippen molar-refractivity contribution in [2.75, 3.05) is 51.0 Å². The van der Waals surface area contributed by atoms with Crippen molar-refractivity contribution in [3.05, 3.63) is 53.1 Å². The maximum atomic E-state index is 11.8. The third-order valence-electron chi connectivity index (χ3n) is 7.29. The smallest absolute Gasteiger partial charge is 0.337 e. The maximum absolute atomic E-state index is 11.8. The molecule has 2 N–H and O–H groups in total. The van der Waals surface area contributed by atoms with Crippen LogP contribution in [-0.2, 0) is 4.74 Å². The van der Waals surface area contributed by atoms with Crippen LogP contribution >= 0.6 is 11.6 Å². The van der Waals surface area contributed by atoms with Gasteiger partial charge >= 0.3 is 5.97 Å². The van der Waals surface area contributed by atoms with E-state index in [1.165, 1.54) is 33.0 Å². The van der Waals surface area contributed by atoms with Crippen LogP contribution in [0.4, 0.5) is 17.5 Å². The van der Waals surface area contributed by atoms with Crippen LogP contribution in [0.5, 0.6) is 0 Å². The highest BCUT2D eigenvalue weighted by molar-refractivity contribution is 6.31. The summed E-state index contributed by atoms with van der Waals surface area (Å²) in [5.74, 6) is 0.907. The van der Waals surface area contributed by atoms with Crippen molar-refractivity contribution in [1.82, 2.24) is 19.8 Å². The Balaban J connectivity index is 1.30. The lowest BCUT2D eigenvalue weighted by molar-refractivity contribution is 0.0601. The molecule has 2 fully saturated rings.